The lowest BCUT2D eigenvalue weighted by atomic mass is 9.86. The highest BCUT2D eigenvalue weighted by atomic mass is 19.1. The van der Waals surface area contributed by atoms with Crippen molar-refractivity contribution in [3.63, 3.8) is 0 Å². The van der Waals surface area contributed by atoms with Gasteiger partial charge in [0.1, 0.15) is 5.82 Å². The highest BCUT2D eigenvalue weighted by Crippen LogP contribution is 2.27. The van der Waals surface area contributed by atoms with Crippen LogP contribution in [0.5, 0.6) is 0 Å². The van der Waals surface area contributed by atoms with E-state index >= 15 is 0 Å². The molecule has 0 bridgehead atoms. The fourth-order valence-electron chi connectivity index (χ4n) is 3.02. The van der Waals surface area contributed by atoms with Gasteiger partial charge in [0.2, 0.25) is 0 Å². The van der Waals surface area contributed by atoms with Gasteiger partial charge in [0, 0.05) is 24.2 Å². The molecule has 1 unspecified atom stereocenters. The lowest BCUT2D eigenvalue weighted by Crippen LogP contribution is -2.39. The van der Waals surface area contributed by atoms with Gasteiger partial charge < -0.3 is 10.6 Å². The molecule has 1 aromatic carbocycles. The van der Waals surface area contributed by atoms with E-state index in [1.54, 1.807) is 12.1 Å². The average Bonchev–Trinajstić information content (AvgIpc) is 2.39. The largest absolute Gasteiger partial charge is 0.323 e. The third-order valence-corrected chi connectivity index (χ3v) is 4.40. The van der Waals surface area contributed by atoms with E-state index in [4.69, 9.17) is 5.73 Å². The summed E-state index contributed by atoms with van der Waals surface area (Å²) in [6, 6.07) is 7.19. The Balaban J connectivity index is 1.91. The maximum atomic E-state index is 13.7. The Kier molecular flexibility index (Phi) is 4.94. The summed E-state index contributed by atoms with van der Waals surface area (Å²) < 4.78 is 13.7. The molecule has 2 N–H and O–H groups in total. The first kappa shape index (κ1) is 14.5. The zero-order chi connectivity index (χ0) is 13.8. The van der Waals surface area contributed by atoms with Gasteiger partial charge in [-0.05, 0) is 44.7 Å². The molecular weight excluding hydrogens is 239 g/mol. The molecule has 106 valence electrons. The van der Waals surface area contributed by atoms with Crippen molar-refractivity contribution in [1.29, 1.82) is 0 Å². The van der Waals surface area contributed by atoms with E-state index in [0.717, 1.165) is 12.5 Å². The van der Waals surface area contributed by atoms with E-state index in [1.807, 2.05) is 6.07 Å². The van der Waals surface area contributed by atoms with Gasteiger partial charge in [-0.25, -0.2) is 4.39 Å². The molecular formula is C16H25FN2. The first-order chi connectivity index (χ1) is 9.08. The number of halogens is 1. The van der Waals surface area contributed by atoms with Crippen molar-refractivity contribution in [2.45, 2.75) is 44.7 Å². The molecule has 0 aromatic heterocycles. The Morgan fingerprint density at radius 3 is 2.53 bits per heavy atom. The first-order valence-electron chi connectivity index (χ1n) is 7.28. The van der Waals surface area contributed by atoms with Crippen LogP contribution in [0.25, 0.3) is 0 Å². The topological polar surface area (TPSA) is 29.3 Å². The van der Waals surface area contributed by atoms with E-state index in [0.29, 0.717) is 11.6 Å². The van der Waals surface area contributed by atoms with Gasteiger partial charge in [0.05, 0.1) is 0 Å². The smallest absolute Gasteiger partial charge is 0.128 e. The Labute approximate surface area is 115 Å². The zero-order valence-corrected chi connectivity index (χ0v) is 12.0. The minimum absolute atomic E-state index is 0.194. The van der Waals surface area contributed by atoms with Crippen LogP contribution in [0.2, 0.25) is 0 Å². The van der Waals surface area contributed by atoms with Gasteiger partial charge in [-0.2, -0.15) is 0 Å². The SMILES string of the molecule is CC1CCC(N(C)CC(N)c2ccccc2F)CC1. The van der Waals surface area contributed by atoms with Crippen molar-refractivity contribution in [2.24, 2.45) is 11.7 Å². The fraction of sp³-hybridized carbons (Fsp3) is 0.625. The first-order valence-corrected chi connectivity index (χ1v) is 7.28. The molecule has 0 amide bonds. The van der Waals surface area contributed by atoms with Gasteiger partial charge in [0.25, 0.3) is 0 Å². The summed E-state index contributed by atoms with van der Waals surface area (Å²) in [5.41, 5.74) is 6.77. The average molecular weight is 264 g/mol. The van der Waals surface area contributed by atoms with Crippen molar-refractivity contribution >= 4 is 0 Å². The van der Waals surface area contributed by atoms with Crippen LogP contribution in [0, 0.1) is 11.7 Å². The summed E-state index contributed by atoms with van der Waals surface area (Å²) in [4.78, 5) is 2.31. The van der Waals surface area contributed by atoms with Gasteiger partial charge in [-0.3, -0.25) is 0 Å². The zero-order valence-electron chi connectivity index (χ0n) is 12.0. The molecule has 1 aliphatic rings. The quantitative estimate of drug-likeness (QED) is 0.903. The van der Waals surface area contributed by atoms with E-state index in [2.05, 4.69) is 18.9 Å². The molecule has 0 aliphatic heterocycles. The number of rotatable bonds is 4. The number of hydrogen-bond donors (Lipinski definition) is 1. The van der Waals surface area contributed by atoms with Crippen LogP contribution in [-0.4, -0.2) is 24.5 Å². The molecule has 0 spiro atoms. The standard InChI is InChI=1S/C16H25FN2/c1-12-7-9-13(10-8-12)19(2)11-16(18)14-5-3-4-6-15(14)17/h3-6,12-13,16H,7-11,18H2,1-2H3. The van der Waals surface area contributed by atoms with Crippen LogP contribution in [0.1, 0.15) is 44.2 Å². The van der Waals surface area contributed by atoms with Crippen LogP contribution in [-0.2, 0) is 0 Å². The van der Waals surface area contributed by atoms with Crippen molar-refractivity contribution in [3.05, 3.63) is 35.6 Å². The molecule has 2 rings (SSSR count). The predicted octanol–water partition coefficient (Wildman–Crippen LogP) is 3.34. The molecule has 1 aliphatic carbocycles. The van der Waals surface area contributed by atoms with Crippen LogP contribution in [0.15, 0.2) is 24.3 Å². The van der Waals surface area contributed by atoms with Gasteiger partial charge in [-0.15, -0.1) is 0 Å². The summed E-state index contributed by atoms with van der Waals surface area (Å²) in [6.45, 7) is 3.04. The normalized spacial score (nSPS) is 25.5. The van der Waals surface area contributed by atoms with Crippen LogP contribution in [0.4, 0.5) is 4.39 Å². The number of nitrogens with zero attached hydrogens (tertiary/aromatic N) is 1. The molecule has 1 aromatic rings. The highest BCUT2D eigenvalue weighted by molar-refractivity contribution is 5.21. The number of hydrogen-bond acceptors (Lipinski definition) is 2. The Bertz CT molecular complexity index is 399. The molecule has 1 fully saturated rings. The third-order valence-electron chi connectivity index (χ3n) is 4.40. The molecule has 0 radical (unpaired) electrons. The predicted molar refractivity (Wildman–Crippen MR) is 77.4 cm³/mol. The maximum absolute atomic E-state index is 13.7. The molecule has 0 saturated heterocycles. The second-order valence-electron chi connectivity index (χ2n) is 5.98. The fourth-order valence-corrected chi connectivity index (χ4v) is 3.02. The maximum Gasteiger partial charge on any atom is 0.128 e. The van der Waals surface area contributed by atoms with Crippen LogP contribution in [0.3, 0.4) is 0 Å². The molecule has 1 atom stereocenters. The Hall–Kier alpha value is -0.930. The van der Waals surface area contributed by atoms with Crippen LogP contribution >= 0.6 is 0 Å². The molecule has 2 nitrogen and oxygen atoms in total. The number of nitrogens with two attached hydrogens (primary N) is 1. The molecule has 0 heterocycles. The summed E-state index contributed by atoms with van der Waals surface area (Å²) in [7, 11) is 2.11. The van der Waals surface area contributed by atoms with Crippen molar-refractivity contribution in [3.8, 4) is 0 Å². The van der Waals surface area contributed by atoms with Crippen molar-refractivity contribution in [2.75, 3.05) is 13.6 Å². The van der Waals surface area contributed by atoms with E-state index in [1.165, 1.54) is 31.7 Å². The van der Waals surface area contributed by atoms with Gasteiger partial charge >= 0.3 is 0 Å². The highest BCUT2D eigenvalue weighted by Gasteiger charge is 2.23. The second kappa shape index (κ2) is 6.49. The minimum Gasteiger partial charge on any atom is -0.323 e. The van der Waals surface area contributed by atoms with Crippen molar-refractivity contribution < 1.29 is 4.39 Å². The summed E-state index contributed by atoms with van der Waals surface area (Å²) in [5.74, 6) is 0.658. The van der Waals surface area contributed by atoms with Gasteiger partial charge in [0.15, 0.2) is 0 Å². The summed E-state index contributed by atoms with van der Waals surface area (Å²) in [6.07, 6.45) is 5.07. The number of benzene rings is 1. The summed E-state index contributed by atoms with van der Waals surface area (Å²) in [5, 5.41) is 0. The third kappa shape index (κ3) is 3.77. The van der Waals surface area contributed by atoms with E-state index in [9.17, 15) is 4.39 Å². The monoisotopic (exact) mass is 264 g/mol. The second-order valence-corrected chi connectivity index (χ2v) is 5.98. The van der Waals surface area contributed by atoms with E-state index < -0.39 is 0 Å². The minimum atomic E-state index is -0.245. The lowest BCUT2D eigenvalue weighted by Gasteiger charge is -2.35. The number of likely N-dealkylation sites (N-methyl/N-ethyl adjacent to an activating group) is 1. The Morgan fingerprint density at radius 1 is 1.26 bits per heavy atom. The lowest BCUT2D eigenvalue weighted by molar-refractivity contribution is 0.162. The molecule has 1 saturated carbocycles. The van der Waals surface area contributed by atoms with Crippen LogP contribution < -0.4 is 5.73 Å². The molecule has 19 heavy (non-hydrogen) atoms. The molecule has 3 heteroatoms. The van der Waals surface area contributed by atoms with E-state index in [-0.39, 0.29) is 11.9 Å². The van der Waals surface area contributed by atoms with Crippen molar-refractivity contribution in [1.82, 2.24) is 4.90 Å². The van der Waals surface area contributed by atoms with Gasteiger partial charge in [-0.1, -0.05) is 25.1 Å². The summed E-state index contributed by atoms with van der Waals surface area (Å²) >= 11 is 0. The Morgan fingerprint density at radius 2 is 1.89 bits per heavy atom.